The van der Waals surface area contributed by atoms with Gasteiger partial charge in [0.25, 0.3) is 0 Å². The molecule has 0 saturated carbocycles. The van der Waals surface area contributed by atoms with Gasteiger partial charge in [-0.05, 0) is 158 Å². The van der Waals surface area contributed by atoms with Crippen molar-refractivity contribution in [2.24, 2.45) is 0 Å². The van der Waals surface area contributed by atoms with Gasteiger partial charge in [0.15, 0.2) is 12.9 Å². The van der Waals surface area contributed by atoms with E-state index in [1.165, 1.54) is 55.4 Å². The van der Waals surface area contributed by atoms with Crippen molar-refractivity contribution in [2.45, 2.75) is 85.5 Å². The SMILES string of the molecule is Cc1cc(C(C)(C)C)ccc1N1c2cc(-c3ccccc3)ccc2Bc2c(-c3cc(N(c4ccc(C(C)(C)C)cc4)c4ccc(C(C)(C)C)cc4)ccc3Nc3ccc(-c4ccccc4)cc3)cc3c(oc4ccccc43)c21. The van der Waals surface area contributed by atoms with Gasteiger partial charge in [0, 0.05) is 56.1 Å². The molecular formula is C73H68BN3O. The van der Waals surface area contributed by atoms with Crippen LogP contribution < -0.4 is 26.0 Å². The van der Waals surface area contributed by atoms with Crippen molar-refractivity contribution >= 4 is 85.6 Å². The first-order chi connectivity index (χ1) is 37.5. The van der Waals surface area contributed by atoms with Crippen LogP contribution in [-0.4, -0.2) is 7.28 Å². The molecule has 2 heterocycles. The van der Waals surface area contributed by atoms with Gasteiger partial charge in [0.05, 0.1) is 5.69 Å². The molecule has 10 aromatic carbocycles. The molecule has 0 bridgehead atoms. The Morgan fingerprint density at radius 1 is 0.436 bits per heavy atom. The molecule has 0 spiro atoms. The van der Waals surface area contributed by atoms with E-state index < -0.39 is 0 Å². The second-order valence-electron chi connectivity index (χ2n) is 24.4. The highest BCUT2D eigenvalue weighted by atomic mass is 16.3. The number of benzene rings is 10. The summed E-state index contributed by atoms with van der Waals surface area (Å²) in [7, 11) is 0.694. The third kappa shape index (κ3) is 9.46. The Labute approximate surface area is 462 Å². The summed E-state index contributed by atoms with van der Waals surface area (Å²) in [6, 6.07) is 80.6. The van der Waals surface area contributed by atoms with Crippen molar-refractivity contribution in [1.29, 1.82) is 0 Å². The van der Waals surface area contributed by atoms with Crippen LogP contribution in [0.15, 0.2) is 223 Å². The maximum atomic E-state index is 7.19. The van der Waals surface area contributed by atoms with Crippen LogP contribution in [0.2, 0.25) is 0 Å². The fraction of sp³-hybridized carbons (Fsp3) is 0.178. The topological polar surface area (TPSA) is 31.6 Å². The summed E-state index contributed by atoms with van der Waals surface area (Å²) >= 11 is 0. The Bertz CT molecular complexity index is 3950. The lowest BCUT2D eigenvalue weighted by Gasteiger charge is -2.36. The first-order valence-corrected chi connectivity index (χ1v) is 27.6. The number of aryl methyl sites for hydroxylation is 1. The zero-order chi connectivity index (χ0) is 54.1. The Hall–Kier alpha value is -8.54. The van der Waals surface area contributed by atoms with E-state index in [0.29, 0.717) is 7.28 Å². The Morgan fingerprint density at radius 2 is 0.974 bits per heavy atom. The molecule has 1 aliphatic heterocycles. The molecule has 0 amide bonds. The number of nitrogens with zero attached hydrogens (tertiary/aromatic N) is 2. The summed E-state index contributed by atoms with van der Waals surface area (Å²) in [6.45, 7) is 22.8. The minimum absolute atomic E-state index is 0.00921. The Morgan fingerprint density at radius 3 is 1.58 bits per heavy atom. The Balaban J connectivity index is 1.14. The summed E-state index contributed by atoms with van der Waals surface area (Å²) in [4.78, 5) is 4.95. The van der Waals surface area contributed by atoms with Gasteiger partial charge in [-0.15, -0.1) is 0 Å². The van der Waals surface area contributed by atoms with Crippen LogP contribution in [0.4, 0.5) is 45.5 Å². The van der Waals surface area contributed by atoms with Gasteiger partial charge in [-0.3, -0.25) is 0 Å². The van der Waals surface area contributed by atoms with Gasteiger partial charge >= 0.3 is 0 Å². The molecular weight excluding hydrogens is 946 g/mol. The normalized spacial score (nSPS) is 12.6. The molecule has 384 valence electrons. The molecule has 0 saturated heterocycles. The smallest absolute Gasteiger partial charge is 0.198 e. The fourth-order valence-corrected chi connectivity index (χ4v) is 11.4. The number of fused-ring (bicyclic) bond motifs is 6. The lowest BCUT2D eigenvalue weighted by Crippen LogP contribution is -2.41. The minimum atomic E-state index is -0.0198. The molecule has 12 rings (SSSR count). The van der Waals surface area contributed by atoms with Crippen molar-refractivity contribution < 1.29 is 4.42 Å². The van der Waals surface area contributed by atoms with Crippen LogP contribution in [0.25, 0.3) is 55.3 Å². The van der Waals surface area contributed by atoms with Crippen molar-refractivity contribution in [1.82, 2.24) is 0 Å². The van der Waals surface area contributed by atoms with Gasteiger partial charge in [0.2, 0.25) is 0 Å². The van der Waals surface area contributed by atoms with Gasteiger partial charge in [0.1, 0.15) is 5.58 Å². The van der Waals surface area contributed by atoms with E-state index in [9.17, 15) is 0 Å². The quantitative estimate of drug-likeness (QED) is 0.146. The average Bonchev–Trinajstić information content (AvgIpc) is 3.88. The lowest BCUT2D eigenvalue weighted by molar-refractivity contribution is 0.589. The minimum Gasteiger partial charge on any atom is -0.454 e. The standard InChI is InChI=1S/C73H68BN3O/c1-47-43-54(73(8,9)10)32-42-65(47)77-66-44-51(49-21-15-12-16-22-49)27-40-63(66)74-68-61(46-62-59-23-17-18-24-67(59)78-70(62)69(68)77)60-45-58(39-41-64(60)75-55-33-25-50(26-34-55)48-19-13-11-14-20-48)76(56-35-28-52(29-36-56)71(2,3)4)57-37-30-53(31-38-57)72(5,6)7/h11-46,74-75H,1-10H3. The van der Waals surface area contributed by atoms with E-state index in [1.54, 1.807) is 0 Å². The third-order valence-corrected chi connectivity index (χ3v) is 15.9. The predicted molar refractivity (Wildman–Crippen MR) is 336 cm³/mol. The number of furan rings is 1. The third-order valence-electron chi connectivity index (χ3n) is 15.9. The van der Waals surface area contributed by atoms with Crippen molar-refractivity contribution in [3.63, 3.8) is 0 Å². The van der Waals surface area contributed by atoms with Gasteiger partial charge in [-0.25, -0.2) is 0 Å². The van der Waals surface area contributed by atoms with E-state index >= 15 is 0 Å². The highest BCUT2D eigenvalue weighted by Crippen LogP contribution is 2.49. The second-order valence-corrected chi connectivity index (χ2v) is 24.4. The van der Waals surface area contributed by atoms with Crippen molar-refractivity contribution in [3.8, 4) is 33.4 Å². The number of anilines is 8. The summed E-state index contributed by atoms with van der Waals surface area (Å²) in [5.41, 5.74) is 24.9. The molecule has 5 heteroatoms. The maximum absolute atomic E-state index is 7.19. The number of nitrogens with one attached hydrogen (secondary N) is 1. The first kappa shape index (κ1) is 50.3. The summed E-state index contributed by atoms with van der Waals surface area (Å²) in [5.74, 6) is 0. The van der Waals surface area contributed by atoms with E-state index in [-0.39, 0.29) is 16.2 Å². The van der Waals surface area contributed by atoms with Crippen molar-refractivity contribution in [3.05, 3.63) is 241 Å². The van der Waals surface area contributed by atoms with Gasteiger partial charge in [-0.1, -0.05) is 207 Å². The molecule has 0 aliphatic carbocycles. The Kier molecular flexibility index (Phi) is 12.6. The van der Waals surface area contributed by atoms with E-state index in [1.807, 2.05) is 0 Å². The summed E-state index contributed by atoms with van der Waals surface area (Å²) in [5, 5.41) is 6.15. The molecule has 1 aromatic heterocycles. The zero-order valence-electron chi connectivity index (χ0n) is 46.8. The first-order valence-electron chi connectivity index (χ1n) is 27.6. The van der Waals surface area contributed by atoms with E-state index in [2.05, 4.69) is 303 Å². The predicted octanol–water partition coefficient (Wildman–Crippen LogP) is 19.2. The number of hydrogen-bond acceptors (Lipinski definition) is 4. The second kappa shape index (κ2) is 19.5. The largest absolute Gasteiger partial charge is 0.454 e. The zero-order valence-corrected chi connectivity index (χ0v) is 46.8. The van der Waals surface area contributed by atoms with Crippen LogP contribution in [0.5, 0.6) is 0 Å². The maximum Gasteiger partial charge on any atom is 0.198 e. The monoisotopic (exact) mass is 1010 g/mol. The van der Waals surface area contributed by atoms with Crippen LogP contribution in [0.1, 0.15) is 84.6 Å². The summed E-state index contributed by atoms with van der Waals surface area (Å²) in [6.07, 6.45) is 0. The molecule has 1 aliphatic rings. The number of para-hydroxylation sites is 1. The van der Waals surface area contributed by atoms with Crippen LogP contribution in [0, 0.1) is 6.92 Å². The van der Waals surface area contributed by atoms with Crippen molar-refractivity contribution in [2.75, 3.05) is 15.1 Å². The van der Waals surface area contributed by atoms with E-state index in [0.717, 1.165) is 78.6 Å². The summed E-state index contributed by atoms with van der Waals surface area (Å²) < 4.78 is 7.19. The molecule has 1 N–H and O–H groups in total. The molecule has 0 unspecified atom stereocenters. The lowest BCUT2D eigenvalue weighted by atomic mass is 9.57. The van der Waals surface area contributed by atoms with Gasteiger partial charge in [-0.2, -0.15) is 0 Å². The highest BCUT2D eigenvalue weighted by Gasteiger charge is 2.34. The number of hydrogen-bond donors (Lipinski definition) is 1. The number of rotatable bonds is 9. The molecule has 78 heavy (non-hydrogen) atoms. The average molecular weight is 1010 g/mol. The molecule has 0 fully saturated rings. The van der Waals surface area contributed by atoms with Crippen LogP contribution in [0.3, 0.4) is 0 Å². The highest BCUT2D eigenvalue weighted by molar-refractivity contribution is 6.74. The van der Waals surface area contributed by atoms with Crippen LogP contribution in [-0.2, 0) is 16.2 Å². The van der Waals surface area contributed by atoms with Gasteiger partial charge < -0.3 is 19.5 Å². The molecule has 0 radical (unpaired) electrons. The molecule has 11 aromatic rings. The molecule has 0 atom stereocenters. The fourth-order valence-electron chi connectivity index (χ4n) is 11.4. The molecule has 4 nitrogen and oxygen atoms in total. The van der Waals surface area contributed by atoms with Crippen LogP contribution >= 0.6 is 0 Å². The van der Waals surface area contributed by atoms with E-state index in [4.69, 9.17) is 4.42 Å².